The fourth-order valence-electron chi connectivity index (χ4n) is 5.23. The van der Waals surface area contributed by atoms with Crippen molar-refractivity contribution in [1.82, 2.24) is 24.3 Å². The molecule has 0 radical (unpaired) electrons. The third-order valence-corrected chi connectivity index (χ3v) is 8.00. The molecule has 0 unspecified atom stereocenters. The quantitative estimate of drug-likeness (QED) is 0.426. The van der Waals surface area contributed by atoms with Gasteiger partial charge in [-0.1, -0.05) is 12.1 Å². The van der Waals surface area contributed by atoms with Gasteiger partial charge >= 0.3 is 0 Å². The normalized spacial score (nSPS) is 16.9. The molecular weight excluding hydrogens is 477 g/mol. The summed E-state index contributed by atoms with van der Waals surface area (Å²) in [5.41, 5.74) is 3.19. The third-order valence-electron chi connectivity index (χ3n) is 7.24. The Hall–Kier alpha value is -3.56. The summed E-state index contributed by atoms with van der Waals surface area (Å²) in [7, 11) is 1.96. The maximum absolute atomic E-state index is 14.0. The SMILES string of the molecule is Cn1ccc2cc(C(=O)N3CC(N4CCN(C(=O)c5nccs5)CC4)C3)cc(-c3cccc(F)c3)c21. The average Bonchev–Trinajstić information content (AvgIpc) is 3.53. The van der Waals surface area contributed by atoms with E-state index < -0.39 is 0 Å². The molecule has 2 aliphatic heterocycles. The van der Waals surface area contributed by atoms with Crippen LogP contribution in [0.1, 0.15) is 20.2 Å². The average molecular weight is 504 g/mol. The van der Waals surface area contributed by atoms with Crippen molar-refractivity contribution in [2.24, 2.45) is 7.05 Å². The van der Waals surface area contributed by atoms with Crippen molar-refractivity contribution in [3.05, 3.63) is 76.6 Å². The van der Waals surface area contributed by atoms with Crippen LogP contribution < -0.4 is 0 Å². The lowest BCUT2D eigenvalue weighted by Crippen LogP contribution is -2.64. The van der Waals surface area contributed by atoms with Crippen LogP contribution in [-0.2, 0) is 7.05 Å². The Morgan fingerprint density at radius 1 is 1.00 bits per heavy atom. The number of hydrogen-bond donors (Lipinski definition) is 0. The van der Waals surface area contributed by atoms with Crippen LogP contribution in [0.2, 0.25) is 0 Å². The lowest BCUT2D eigenvalue weighted by atomic mass is 9.97. The van der Waals surface area contributed by atoms with Crippen LogP contribution in [0.5, 0.6) is 0 Å². The van der Waals surface area contributed by atoms with Crippen molar-refractivity contribution in [1.29, 1.82) is 0 Å². The zero-order valence-corrected chi connectivity index (χ0v) is 20.7. The molecule has 0 atom stereocenters. The van der Waals surface area contributed by atoms with E-state index in [-0.39, 0.29) is 17.6 Å². The van der Waals surface area contributed by atoms with E-state index >= 15 is 0 Å². The predicted molar refractivity (Wildman–Crippen MR) is 138 cm³/mol. The van der Waals surface area contributed by atoms with Crippen LogP contribution in [-0.4, -0.2) is 81.4 Å². The smallest absolute Gasteiger partial charge is 0.282 e. The number of amides is 2. The molecule has 0 bridgehead atoms. The van der Waals surface area contributed by atoms with Crippen LogP contribution in [0.4, 0.5) is 4.39 Å². The molecule has 2 aliphatic rings. The highest BCUT2D eigenvalue weighted by Crippen LogP contribution is 2.32. The van der Waals surface area contributed by atoms with Crippen LogP contribution in [0, 0.1) is 5.82 Å². The van der Waals surface area contributed by atoms with Crippen molar-refractivity contribution in [3.63, 3.8) is 0 Å². The molecule has 9 heteroatoms. The predicted octanol–water partition coefficient (Wildman–Crippen LogP) is 3.72. The van der Waals surface area contributed by atoms with Crippen LogP contribution in [0.15, 0.2) is 60.2 Å². The van der Waals surface area contributed by atoms with Crippen molar-refractivity contribution in [2.75, 3.05) is 39.3 Å². The Kier molecular flexibility index (Phi) is 5.81. The molecule has 0 spiro atoms. The number of aryl methyl sites for hydroxylation is 1. The fourth-order valence-corrected chi connectivity index (χ4v) is 5.84. The van der Waals surface area contributed by atoms with Gasteiger partial charge in [0.1, 0.15) is 5.82 Å². The van der Waals surface area contributed by atoms with E-state index in [1.54, 1.807) is 12.3 Å². The van der Waals surface area contributed by atoms with Crippen LogP contribution in [0.3, 0.4) is 0 Å². The van der Waals surface area contributed by atoms with Gasteiger partial charge < -0.3 is 14.4 Å². The molecule has 0 saturated carbocycles. The molecule has 0 N–H and O–H groups in total. The van der Waals surface area contributed by atoms with E-state index in [1.165, 1.54) is 23.5 Å². The van der Waals surface area contributed by atoms with E-state index in [4.69, 9.17) is 0 Å². The number of fused-ring (bicyclic) bond motifs is 1. The molecular formula is C27H26FN5O2S. The maximum atomic E-state index is 14.0. The first-order chi connectivity index (χ1) is 17.5. The van der Waals surface area contributed by atoms with Gasteiger partial charge in [-0.25, -0.2) is 9.37 Å². The van der Waals surface area contributed by atoms with Gasteiger partial charge in [-0.15, -0.1) is 11.3 Å². The number of carbonyl (C=O) groups excluding carboxylic acids is 2. The second-order valence-corrected chi connectivity index (χ2v) is 10.3. The number of rotatable bonds is 4. The molecule has 0 aliphatic carbocycles. The lowest BCUT2D eigenvalue weighted by molar-refractivity contribution is 0.00854. The first-order valence-corrected chi connectivity index (χ1v) is 12.9. The van der Waals surface area contributed by atoms with Crippen molar-refractivity contribution in [3.8, 4) is 11.1 Å². The van der Waals surface area contributed by atoms with Gasteiger partial charge in [0.25, 0.3) is 11.8 Å². The van der Waals surface area contributed by atoms with Gasteiger partial charge in [-0.2, -0.15) is 0 Å². The molecule has 4 aromatic rings. The molecule has 2 aromatic heterocycles. The summed E-state index contributed by atoms with van der Waals surface area (Å²) in [6, 6.07) is 12.6. The molecule has 4 heterocycles. The maximum Gasteiger partial charge on any atom is 0.282 e. The molecule has 2 fully saturated rings. The van der Waals surface area contributed by atoms with E-state index in [0.29, 0.717) is 42.8 Å². The van der Waals surface area contributed by atoms with Crippen molar-refractivity contribution < 1.29 is 14.0 Å². The Morgan fingerprint density at radius 3 is 2.53 bits per heavy atom. The van der Waals surface area contributed by atoms with Gasteiger partial charge in [0.2, 0.25) is 0 Å². The Bertz CT molecular complexity index is 1440. The summed E-state index contributed by atoms with van der Waals surface area (Å²) in [5, 5.41) is 3.32. The Labute approximate surface area is 212 Å². The van der Waals surface area contributed by atoms with Crippen LogP contribution in [0.25, 0.3) is 22.0 Å². The summed E-state index contributed by atoms with van der Waals surface area (Å²) in [4.78, 5) is 36.2. The van der Waals surface area contributed by atoms with Crippen molar-refractivity contribution in [2.45, 2.75) is 6.04 Å². The summed E-state index contributed by atoms with van der Waals surface area (Å²) in [6.07, 6.45) is 3.62. The zero-order chi connectivity index (χ0) is 24.8. The van der Waals surface area contributed by atoms with E-state index in [2.05, 4.69) is 9.88 Å². The first-order valence-electron chi connectivity index (χ1n) is 12.0. The zero-order valence-electron chi connectivity index (χ0n) is 19.9. The largest absolute Gasteiger partial charge is 0.350 e. The summed E-state index contributed by atoms with van der Waals surface area (Å²) in [6.45, 7) is 4.27. The number of benzene rings is 2. The molecule has 6 rings (SSSR count). The van der Waals surface area contributed by atoms with Gasteiger partial charge in [-0.05, 0) is 35.9 Å². The molecule has 7 nitrogen and oxygen atoms in total. The number of carbonyl (C=O) groups is 2. The van der Waals surface area contributed by atoms with Crippen LogP contribution >= 0.6 is 11.3 Å². The molecule has 2 amide bonds. The number of aromatic nitrogens is 2. The minimum atomic E-state index is -0.300. The van der Waals surface area contributed by atoms with Gasteiger partial charge in [0.05, 0.1) is 5.52 Å². The van der Waals surface area contributed by atoms with Gasteiger partial charge in [0, 0.05) is 86.6 Å². The number of nitrogens with zero attached hydrogens (tertiary/aromatic N) is 5. The summed E-state index contributed by atoms with van der Waals surface area (Å²) < 4.78 is 16.0. The number of likely N-dealkylation sites (tertiary alicyclic amines) is 1. The second-order valence-electron chi connectivity index (χ2n) is 9.43. The van der Waals surface area contributed by atoms with Gasteiger partial charge in [0.15, 0.2) is 5.01 Å². The second kappa shape index (κ2) is 9.15. The number of halogens is 1. The first kappa shape index (κ1) is 22.9. The molecule has 184 valence electrons. The van der Waals surface area contributed by atoms with Gasteiger partial charge in [-0.3, -0.25) is 14.5 Å². The Morgan fingerprint density at radius 2 is 1.81 bits per heavy atom. The van der Waals surface area contributed by atoms with Crippen molar-refractivity contribution >= 4 is 34.1 Å². The number of piperazine rings is 1. The molecule has 2 aromatic carbocycles. The Balaban J connectivity index is 1.14. The van der Waals surface area contributed by atoms with E-state index in [1.807, 2.05) is 57.3 Å². The topological polar surface area (TPSA) is 61.7 Å². The van der Waals surface area contributed by atoms with E-state index in [0.717, 1.165) is 35.1 Å². The highest BCUT2D eigenvalue weighted by Gasteiger charge is 2.37. The minimum absolute atomic E-state index is 0.000435. The monoisotopic (exact) mass is 503 g/mol. The number of hydrogen-bond acceptors (Lipinski definition) is 5. The summed E-state index contributed by atoms with van der Waals surface area (Å²) in [5.74, 6) is -0.307. The minimum Gasteiger partial charge on any atom is -0.350 e. The number of thiazole rings is 1. The summed E-state index contributed by atoms with van der Waals surface area (Å²) >= 11 is 1.37. The van der Waals surface area contributed by atoms with E-state index in [9.17, 15) is 14.0 Å². The molecule has 36 heavy (non-hydrogen) atoms. The standard InChI is InChI=1S/C27H26FN5O2S/c1-30-7-5-19-13-20(15-23(24(19)30)18-3-2-4-21(28)14-18)26(34)33-16-22(17-33)31-8-10-32(11-9-31)27(35)25-29-6-12-36-25/h2-7,12-15,22H,8-11,16-17H2,1H3. The molecule has 2 saturated heterocycles. The third kappa shape index (κ3) is 4.08. The highest BCUT2D eigenvalue weighted by atomic mass is 32.1. The fraction of sp³-hybridized carbons (Fsp3) is 0.296. The lowest BCUT2D eigenvalue weighted by Gasteiger charge is -2.48. The highest BCUT2D eigenvalue weighted by molar-refractivity contribution is 7.11.